The number of benzene rings is 2. The largest absolute Gasteiger partial charge is 0.452 e. The molecule has 0 saturated heterocycles. The molecule has 7 heteroatoms. The predicted molar refractivity (Wildman–Crippen MR) is 125 cm³/mol. The first-order chi connectivity index (χ1) is 15.6. The third-order valence-corrected chi connectivity index (χ3v) is 5.69. The van der Waals surface area contributed by atoms with Crippen molar-refractivity contribution in [3.05, 3.63) is 75.9 Å². The Bertz CT molecular complexity index is 1210. The Hall–Kier alpha value is -3.22. The predicted octanol–water partition coefficient (Wildman–Crippen LogP) is 4.29. The van der Waals surface area contributed by atoms with E-state index in [1.54, 1.807) is 7.11 Å². The molecule has 0 radical (unpaired) electrons. The molecule has 0 unspecified atom stereocenters. The molecule has 0 bridgehead atoms. The van der Waals surface area contributed by atoms with E-state index in [0.29, 0.717) is 35.7 Å². The van der Waals surface area contributed by atoms with E-state index in [4.69, 9.17) is 26.1 Å². The second-order valence-electron chi connectivity index (χ2n) is 7.44. The van der Waals surface area contributed by atoms with Gasteiger partial charge in [-0.3, -0.25) is 4.79 Å². The third-order valence-electron chi connectivity index (χ3n) is 5.34. The maximum absolute atomic E-state index is 13.1. The summed E-state index contributed by atoms with van der Waals surface area (Å²) in [6, 6.07) is 15.1. The highest BCUT2D eigenvalue weighted by atomic mass is 35.5. The Morgan fingerprint density at radius 2 is 1.91 bits per heavy atom. The molecule has 164 valence electrons. The van der Waals surface area contributed by atoms with Crippen LogP contribution in [0.3, 0.4) is 0 Å². The molecule has 1 N–H and O–H groups in total. The van der Waals surface area contributed by atoms with Crippen LogP contribution in [0.1, 0.15) is 33.6 Å². The molecule has 3 aromatic rings. The molecule has 0 fully saturated rings. The number of pyridine rings is 1. The number of rotatable bonds is 7. The topological polar surface area (TPSA) is 77.5 Å². The molecular weight excluding hydrogens is 428 g/mol. The molecule has 0 atom stereocenters. The lowest BCUT2D eigenvalue weighted by Gasteiger charge is -2.12. The van der Waals surface area contributed by atoms with Gasteiger partial charge >= 0.3 is 5.97 Å². The zero-order chi connectivity index (χ0) is 22.5. The van der Waals surface area contributed by atoms with Crippen LogP contribution in [-0.4, -0.2) is 43.7 Å². The Morgan fingerprint density at radius 1 is 1.12 bits per heavy atom. The summed E-state index contributed by atoms with van der Waals surface area (Å²) in [6.45, 7) is 0.399. The van der Waals surface area contributed by atoms with Gasteiger partial charge in [0.05, 0.1) is 23.4 Å². The van der Waals surface area contributed by atoms with Crippen molar-refractivity contribution in [2.75, 3.05) is 26.9 Å². The number of nitrogens with one attached hydrogen (secondary N) is 1. The molecule has 1 aromatic heterocycles. The molecule has 1 aliphatic carbocycles. The number of carbonyl (C=O) groups excluding carboxylic acids is 2. The standard InChI is InChI=1S/C25H23ClN2O4/c1-31-13-12-27-22(29)15-32-25(30)23-18-7-3-5-9-21(18)28-24-17(10-11-19(23)24)14-16-6-2-4-8-20(16)26/h2-9,14H,10-13,15H2,1H3,(H,27,29)/b17-14+. The third kappa shape index (κ3) is 4.66. The Labute approximate surface area is 191 Å². The minimum absolute atomic E-state index is 0.351. The van der Waals surface area contributed by atoms with Crippen molar-refractivity contribution in [1.82, 2.24) is 10.3 Å². The average molecular weight is 451 g/mol. The van der Waals surface area contributed by atoms with E-state index in [0.717, 1.165) is 34.2 Å². The van der Waals surface area contributed by atoms with Crippen molar-refractivity contribution in [3.8, 4) is 0 Å². The molecule has 1 amide bonds. The van der Waals surface area contributed by atoms with Crippen molar-refractivity contribution in [2.45, 2.75) is 12.8 Å². The van der Waals surface area contributed by atoms with Gasteiger partial charge in [-0.05, 0) is 47.8 Å². The number of aromatic nitrogens is 1. The lowest BCUT2D eigenvalue weighted by Crippen LogP contribution is -2.31. The zero-order valence-electron chi connectivity index (χ0n) is 17.7. The van der Waals surface area contributed by atoms with Crippen molar-refractivity contribution in [3.63, 3.8) is 0 Å². The van der Waals surface area contributed by atoms with Crippen LogP contribution >= 0.6 is 11.6 Å². The van der Waals surface area contributed by atoms with Crippen LogP contribution in [0.15, 0.2) is 48.5 Å². The van der Waals surface area contributed by atoms with Crippen LogP contribution in [0.2, 0.25) is 5.02 Å². The van der Waals surface area contributed by atoms with Gasteiger partial charge in [0.1, 0.15) is 0 Å². The molecule has 1 aliphatic rings. The molecule has 6 nitrogen and oxygen atoms in total. The van der Waals surface area contributed by atoms with Gasteiger partial charge in [0.2, 0.25) is 0 Å². The minimum Gasteiger partial charge on any atom is -0.452 e. The quantitative estimate of drug-likeness (QED) is 0.429. The number of carbonyl (C=O) groups is 2. The van der Waals surface area contributed by atoms with E-state index in [-0.39, 0.29) is 12.5 Å². The summed E-state index contributed by atoms with van der Waals surface area (Å²) in [5.41, 5.74) is 4.72. The number of para-hydroxylation sites is 1. The van der Waals surface area contributed by atoms with Gasteiger partial charge in [-0.2, -0.15) is 0 Å². The van der Waals surface area contributed by atoms with Crippen LogP contribution in [0.4, 0.5) is 0 Å². The first kappa shape index (κ1) is 22.0. The van der Waals surface area contributed by atoms with Gasteiger partial charge in [0.15, 0.2) is 6.61 Å². The van der Waals surface area contributed by atoms with Crippen molar-refractivity contribution in [2.24, 2.45) is 0 Å². The van der Waals surface area contributed by atoms with E-state index in [1.807, 2.05) is 54.6 Å². The maximum atomic E-state index is 13.1. The molecule has 0 saturated carbocycles. The minimum atomic E-state index is -0.527. The second-order valence-corrected chi connectivity index (χ2v) is 7.85. The summed E-state index contributed by atoms with van der Waals surface area (Å²) < 4.78 is 10.3. The van der Waals surface area contributed by atoms with E-state index >= 15 is 0 Å². The second kappa shape index (κ2) is 9.94. The normalized spacial score (nSPS) is 13.9. The highest BCUT2D eigenvalue weighted by molar-refractivity contribution is 6.32. The van der Waals surface area contributed by atoms with Gasteiger partial charge in [0.25, 0.3) is 5.91 Å². The summed E-state index contributed by atoms with van der Waals surface area (Å²) in [7, 11) is 1.55. The van der Waals surface area contributed by atoms with Crippen molar-refractivity contribution in [1.29, 1.82) is 0 Å². The monoisotopic (exact) mass is 450 g/mol. The number of esters is 1. The number of allylic oxidation sites excluding steroid dienone is 1. The van der Waals surface area contributed by atoms with Crippen molar-refractivity contribution < 1.29 is 19.1 Å². The van der Waals surface area contributed by atoms with Gasteiger partial charge < -0.3 is 14.8 Å². The van der Waals surface area contributed by atoms with E-state index in [2.05, 4.69) is 5.32 Å². The van der Waals surface area contributed by atoms with E-state index < -0.39 is 5.97 Å². The summed E-state index contributed by atoms with van der Waals surface area (Å²) in [5, 5.41) is 4.02. The fourth-order valence-corrected chi connectivity index (χ4v) is 4.03. The number of amides is 1. The van der Waals surface area contributed by atoms with Crippen LogP contribution in [-0.2, 0) is 20.7 Å². The number of methoxy groups -OCH3 is 1. The average Bonchev–Trinajstić information content (AvgIpc) is 3.19. The number of hydrogen-bond acceptors (Lipinski definition) is 5. The maximum Gasteiger partial charge on any atom is 0.339 e. The Morgan fingerprint density at radius 3 is 2.72 bits per heavy atom. The van der Waals surface area contributed by atoms with E-state index in [1.165, 1.54) is 0 Å². The molecule has 0 aliphatic heterocycles. The lowest BCUT2D eigenvalue weighted by atomic mass is 10.0. The Balaban J connectivity index is 1.67. The molecule has 4 rings (SSSR count). The van der Waals surface area contributed by atoms with Crippen molar-refractivity contribution >= 4 is 46.0 Å². The summed E-state index contributed by atoms with van der Waals surface area (Å²) in [6.07, 6.45) is 3.42. The first-order valence-corrected chi connectivity index (χ1v) is 10.8. The molecule has 32 heavy (non-hydrogen) atoms. The highest BCUT2D eigenvalue weighted by Gasteiger charge is 2.28. The molecule has 0 spiro atoms. The molecular formula is C25H23ClN2O4. The smallest absolute Gasteiger partial charge is 0.339 e. The molecule has 2 aromatic carbocycles. The van der Waals surface area contributed by atoms with Crippen LogP contribution in [0.25, 0.3) is 22.6 Å². The fourth-order valence-electron chi connectivity index (χ4n) is 3.84. The summed E-state index contributed by atoms with van der Waals surface area (Å²) in [5.74, 6) is -0.898. The number of halogens is 1. The number of nitrogens with zero attached hydrogens (tertiary/aromatic N) is 1. The van der Waals surface area contributed by atoms with Gasteiger partial charge in [0, 0.05) is 24.1 Å². The number of fused-ring (bicyclic) bond motifs is 2. The Kier molecular flexibility index (Phi) is 6.83. The summed E-state index contributed by atoms with van der Waals surface area (Å²) >= 11 is 6.34. The van der Waals surface area contributed by atoms with Crippen LogP contribution in [0.5, 0.6) is 0 Å². The highest BCUT2D eigenvalue weighted by Crippen LogP contribution is 2.38. The van der Waals surface area contributed by atoms with Crippen LogP contribution < -0.4 is 5.32 Å². The zero-order valence-corrected chi connectivity index (χ0v) is 18.4. The van der Waals surface area contributed by atoms with Gasteiger partial charge in [-0.25, -0.2) is 9.78 Å². The van der Waals surface area contributed by atoms with E-state index in [9.17, 15) is 9.59 Å². The molecule has 1 heterocycles. The first-order valence-electron chi connectivity index (χ1n) is 10.4. The number of hydrogen-bond donors (Lipinski definition) is 1. The fraction of sp³-hybridized carbons (Fsp3) is 0.240. The van der Waals surface area contributed by atoms with Crippen LogP contribution in [0, 0.1) is 0 Å². The lowest BCUT2D eigenvalue weighted by molar-refractivity contribution is -0.124. The SMILES string of the molecule is COCCNC(=O)COC(=O)c1c2c(nc3ccccc13)/C(=C/c1ccccc1Cl)CC2. The number of ether oxygens (including phenoxy) is 2. The summed E-state index contributed by atoms with van der Waals surface area (Å²) in [4.78, 5) is 29.9. The van der Waals surface area contributed by atoms with Gasteiger partial charge in [-0.1, -0.05) is 48.0 Å². The van der Waals surface area contributed by atoms with Gasteiger partial charge in [-0.15, -0.1) is 0 Å².